The van der Waals surface area contributed by atoms with Crippen LogP contribution in [0.15, 0.2) is 0 Å². The highest BCUT2D eigenvalue weighted by Gasteiger charge is 2.34. The Labute approximate surface area is 111 Å². The van der Waals surface area contributed by atoms with E-state index in [0.717, 1.165) is 52.1 Å². The Kier molecular flexibility index (Phi) is 4.32. The van der Waals surface area contributed by atoms with Crippen molar-refractivity contribution in [2.24, 2.45) is 0 Å². The molecule has 1 saturated carbocycles. The van der Waals surface area contributed by atoms with Gasteiger partial charge in [0.15, 0.2) is 0 Å². The summed E-state index contributed by atoms with van der Waals surface area (Å²) < 4.78 is 0. The van der Waals surface area contributed by atoms with E-state index in [4.69, 9.17) is 0 Å². The highest BCUT2D eigenvalue weighted by Crippen LogP contribution is 2.30. The Hall–Kier alpha value is -0.160. The van der Waals surface area contributed by atoms with Gasteiger partial charge in [-0.25, -0.2) is 0 Å². The van der Waals surface area contributed by atoms with E-state index in [1.165, 1.54) is 12.8 Å². The fourth-order valence-electron chi connectivity index (χ4n) is 3.26. The zero-order valence-corrected chi connectivity index (χ0v) is 11.9. The summed E-state index contributed by atoms with van der Waals surface area (Å²) in [6.07, 6.45) is 4.29. The van der Waals surface area contributed by atoms with Crippen LogP contribution < -0.4 is 0 Å². The number of aliphatic hydroxyl groups is 2. The molecule has 0 bridgehead atoms. The molecule has 0 aromatic heterocycles. The van der Waals surface area contributed by atoms with Gasteiger partial charge in [0.25, 0.3) is 0 Å². The van der Waals surface area contributed by atoms with Gasteiger partial charge < -0.3 is 10.2 Å². The number of hydrogen-bond acceptors (Lipinski definition) is 4. The minimum atomic E-state index is -0.605. The Balaban J connectivity index is 1.73. The second-order valence-electron chi connectivity index (χ2n) is 6.80. The maximum absolute atomic E-state index is 10.4. The van der Waals surface area contributed by atoms with Crippen molar-refractivity contribution < 1.29 is 10.2 Å². The fraction of sp³-hybridized carbons (Fsp3) is 1.00. The van der Waals surface area contributed by atoms with Crippen LogP contribution in [0.25, 0.3) is 0 Å². The van der Waals surface area contributed by atoms with Crippen molar-refractivity contribution in [1.82, 2.24) is 9.80 Å². The Morgan fingerprint density at radius 2 is 1.50 bits per heavy atom. The predicted octanol–water partition coefficient (Wildman–Crippen LogP) is 0.680. The van der Waals surface area contributed by atoms with Gasteiger partial charge in [0, 0.05) is 39.3 Å². The standard InChI is InChI=1S/C14H28N2O2/c1-13(2,17)11-15-7-9-16(10-8-15)12-14(18)5-3-4-6-14/h17-18H,3-12H2,1-2H3. The molecule has 2 N–H and O–H groups in total. The number of piperazine rings is 1. The molecule has 2 rings (SSSR count). The third-order valence-corrected chi connectivity index (χ3v) is 4.13. The van der Waals surface area contributed by atoms with E-state index in [9.17, 15) is 10.2 Å². The smallest absolute Gasteiger partial charge is 0.0774 e. The molecule has 1 aliphatic heterocycles. The molecule has 0 unspecified atom stereocenters. The molecule has 1 saturated heterocycles. The van der Waals surface area contributed by atoms with Crippen molar-refractivity contribution in [3.63, 3.8) is 0 Å². The van der Waals surface area contributed by atoms with E-state index >= 15 is 0 Å². The summed E-state index contributed by atoms with van der Waals surface area (Å²) >= 11 is 0. The summed E-state index contributed by atoms with van der Waals surface area (Å²) in [5.74, 6) is 0. The lowest BCUT2D eigenvalue weighted by atomic mass is 10.0. The first-order valence-electron chi connectivity index (χ1n) is 7.26. The van der Waals surface area contributed by atoms with Gasteiger partial charge in [0.05, 0.1) is 11.2 Å². The minimum Gasteiger partial charge on any atom is -0.389 e. The van der Waals surface area contributed by atoms with Crippen LogP contribution in [0.5, 0.6) is 0 Å². The van der Waals surface area contributed by atoms with Crippen LogP contribution in [-0.4, -0.2) is 70.5 Å². The maximum Gasteiger partial charge on any atom is 0.0774 e. The van der Waals surface area contributed by atoms with Crippen molar-refractivity contribution in [1.29, 1.82) is 0 Å². The molecule has 0 spiro atoms. The van der Waals surface area contributed by atoms with E-state index in [-0.39, 0.29) is 0 Å². The van der Waals surface area contributed by atoms with Crippen molar-refractivity contribution in [2.45, 2.75) is 50.7 Å². The molecule has 0 aromatic rings. The summed E-state index contributed by atoms with van der Waals surface area (Å²) in [4.78, 5) is 4.70. The lowest BCUT2D eigenvalue weighted by Crippen LogP contribution is -2.53. The van der Waals surface area contributed by atoms with Crippen LogP contribution in [-0.2, 0) is 0 Å². The molecule has 1 heterocycles. The van der Waals surface area contributed by atoms with Gasteiger partial charge in [0.2, 0.25) is 0 Å². The second kappa shape index (κ2) is 5.45. The molecule has 0 radical (unpaired) electrons. The predicted molar refractivity (Wildman–Crippen MR) is 72.6 cm³/mol. The largest absolute Gasteiger partial charge is 0.389 e. The summed E-state index contributed by atoms with van der Waals surface area (Å²) in [6.45, 7) is 9.33. The average Bonchev–Trinajstić information content (AvgIpc) is 2.66. The highest BCUT2D eigenvalue weighted by atomic mass is 16.3. The summed E-state index contributed by atoms with van der Waals surface area (Å²) in [6, 6.07) is 0. The third-order valence-electron chi connectivity index (χ3n) is 4.13. The molecule has 18 heavy (non-hydrogen) atoms. The molecular weight excluding hydrogens is 228 g/mol. The molecule has 0 aromatic carbocycles. The summed E-state index contributed by atoms with van der Waals surface area (Å²) in [5.41, 5.74) is -1.02. The minimum absolute atomic E-state index is 0.418. The number of hydrogen-bond donors (Lipinski definition) is 2. The normalized spacial score (nSPS) is 26.7. The molecule has 4 nitrogen and oxygen atoms in total. The van der Waals surface area contributed by atoms with Gasteiger partial charge in [-0.15, -0.1) is 0 Å². The van der Waals surface area contributed by atoms with Crippen LogP contribution in [0.3, 0.4) is 0 Å². The lowest BCUT2D eigenvalue weighted by molar-refractivity contribution is -0.0190. The van der Waals surface area contributed by atoms with Crippen molar-refractivity contribution in [3.8, 4) is 0 Å². The summed E-state index contributed by atoms with van der Waals surface area (Å²) in [7, 11) is 0. The van der Waals surface area contributed by atoms with Crippen molar-refractivity contribution >= 4 is 0 Å². The fourth-order valence-corrected chi connectivity index (χ4v) is 3.26. The van der Waals surface area contributed by atoms with Crippen LogP contribution >= 0.6 is 0 Å². The lowest BCUT2D eigenvalue weighted by Gasteiger charge is -2.39. The molecule has 106 valence electrons. The van der Waals surface area contributed by atoms with Gasteiger partial charge in [-0.3, -0.25) is 9.80 Å². The monoisotopic (exact) mass is 256 g/mol. The number of nitrogens with zero attached hydrogens (tertiary/aromatic N) is 2. The van der Waals surface area contributed by atoms with Crippen LogP contribution in [0.2, 0.25) is 0 Å². The molecule has 0 amide bonds. The zero-order valence-electron chi connectivity index (χ0n) is 11.9. The van der Waals surface area contributed by atoms with E-state index in [2.05, 4.69) is 9.80 Å². The van der Waals surface area contributed by atoms with E-state index in [1.807, 2.05) is 13.8 Å². The van der Waals surface area contributed by atoms with Crippen molar-refractivity contribution in [2.75, 3.05) is 39.3 Å². The first-order valence-corrected chi connectivity index (χ1v) is 7.26. The van der Waals surface area contributed by atoms with Crippen LogP contribution in [0, 0.1) is 0 Å². The first kappa shape index (κ1) is 14.3. The van der Waals surface area contributed by atoms with Gasteiger partial charge in [-0.05, 0) is 26.7 Å². The molecular formula is C14H28N2O2. The highest BCUT2D eigenvalue weighted by molar-refractivity contribution is 4.89. The Morgan fingerprint density at radius 3 is 2.00 bits per heavy atom. The van der Waals surface area contributed by atoms with E-state index < -0.39 is 11.2 Å². The van der Waals surface area contributed by atoms with Gasteiger partial charge in [-0.1, -0.05) is 12.8 Å². The Bertz CT molecular complexity index is 261. The van der Waals surface area contributed by atoms with Gasteiger partial charge in [0.1, 0.15) is 0 Å². The zero-order chi connectivity index (χ0) is 13.2. The quantitative estimate of drug-likeness (QED) is 0.776. The first-order chi connectivity index (χ1) is 8.36. The topological polar surface area (TPSA) is 46.9 Å². The molecule has 1 aliphatic carbocycles. The van der Waals surface area contributed by atoms with Crippen molar-refractivity contribution in [3.05, 3.63) is 0 Å². The maximum atomic E-state index is 10.4. The van der Waals surface area contributed by atoms with Crippen LogP contribution in [0.4, 0.5) is 0 Å². The van der Waals surface area contributed by atoms with Gasteiger partial charge in [-0.2, -0.15) is 0 Å². The summed E-state index contributed by atoms with van der Waals surface area (Å²) in [5, 5.41) is 20.2. The second-order valence-corrected chi connectivity index (χ2v) is 6.80. The number of rotatable bonds is 4. The number of β-amino-alcohol motifs (C(OH)–C–C–N with tert-alkyl or cyclic N) is 2. The Morgan fingerprint density at radius 1 is 1.00 bits per heavy atom. The van der Waals surface area contributed by atoms with E-state index in [0.29, 0.717) is 0 Å². The molecule has 2 aliphatic rings. The SMILES string of the molecule is CC(C)(O)CN1CCN(CC2(O)CCCC2)CC1. The van der Waals surface area contributed by atoms with E-state index in [1.54, 1.807) is 0 Å². The average molecular weight is 256 g/mol. The molecule has 4 heteroatoms. The van der Waals surface area contributed by atoms with Gasteiger partial charge >= 0.3 is 0 Å². The molecule has 0 atom stereocenters. The molecule has 2 fully saturated rings. The third kappa shape index (κ3) is 4.19. The van der Waals surface area contributed by atoms with Crippen LogP contribution in [0.1, 0.15) is 39.5 Å².